The number of hydrogen-bond donors (Lipinski definition) is 2. The Morgan fingerprint density at radius 2 is 1.88 bits per heavy atom. The molecule has 0 bridgehead atoms. The molecule has 16 heavy (non-hydrogen) atoms. The minimum atomic E-state index is -1.09. The van der Waals surface area contributed by atoms with Gasteiger partial charge in [0.05, 0.1) is 11.1 Å². The van der Waals surface area contributed by atoms with Crippen LogP contribution in [0.4, 0.5) is 0 Å². The Morgan fingerprint density at radius 3 is 2.44 bits per heavy atom. The van der Waals surface area contributed by atoms with Gasteiger partial charge in [0.25, 0.3) is 5.91 Å². The summed E-state index contributed by atoms with van der Waals surface area (Å²) in [4.78, 5) is 22.5. The summed E-state index contributed by atoms with van der Waals surface area (Å²) in [5.41, 5.74) is 0.224. The van der Waals surface area contributed by atoms with Crippen LogP contribution in [0.25, 0.3) is 0 Å². The molecule has 3 radical (unpaired) electrons. The fourth-order valence-electron chi connectivity index (χ4n) is 1.25. The highest BCUT2D eigenvalue weighted by molar-refractivity contribution is 6.08. The first-order valence-electron chi connectivity index (χ1n) is 4.92. The molecule has 0 aliphatic rings. The zero-order valence-electron chi connectivity index (χ0n) is 8.69. The molecular formula is C11H12NO3Si. The summed E-state index contributed by atoms with van der Waals surface area (Å²) >= 11 is 0. The van der Waals surface area contributed by atoms with Crippen molar-refractivity contribution in [3.05, 3.63) is 35.4 Å². The Bertz CT molecular complexity index is 393. The smallest absolute Gasteiger partial charge is 0.336 e. The highest BCUT2D eigenvalue weighted by Gasteiger charge is 2.14. The molecule has 0 saturated heterocycles. The van der Waals surface area contributed by atoms with Crippen LogP contribution >= 0.6 is 0 Å². The summed E-state index contributed by atoms with van der Waals surface area (Å²) in [5, 5.41) is 11.6. The lowest BCUT2D eigenvalue weighted by atomic mass is 10.1. The molecule has 4 nitrogen and oxygen atoms in total. The van der Waals surface area contributed by atoms with Gasteiger partial charge in [-0.15, -0.1) is 0 Å². The number of carboxylic acids is 1. The monoisotopic (exact) mass is 234 g/mol. The zero-order valence-corrected chi connectivity index (χ0v) is 9.69. The van der Waals surface area contributed by atoms with Gasteiger partial charge in [0.1, 0.15) is 0 Å². The van der Waals surface area contributed by atoms with Gasteiger partial charge in [-0.05, 0) is 18.6 Å². The van der Waals surface area contributed by atoms with Gasteiger partial charge in [-0.2, -0.15) is 0 Å². The fourth-order valence-corrected chi connectivity index (χ4v) is 1.43. The van der Waals surface area contributed by atoms with Crippen LogP contribution in [0.3, 0.4) is 0 Å². The number of nitrogens with one attached hydrogen (secondary N) is 1. The Labute approximate surface area is 97.1 Å². The minimum absolute atomic E-state index is 0.0263. The average molecular weight is 234 g/mol. The summed E-state index contributed by atoms with van der Waals surface area (Å²) in [6.45, 7) is 0.524. The number of benzene rings is 1. The van der Waals surface area contributed by atoms with Crippen molar-refractivity contribution in [3.63, 3.8) is 0 Å². The SMILES string of the molecule is O=C(O)c1ccccc1C(=O)NCCC[Si]. The number of aromatic carboxylic acids is 1. The molecule has 2 N–H and O–H groups in total. The lowest BCUT2D eigenvalue weighted by Crippen LogP contribution is -2.26. The van der Waals surface area contributed by atoms with Crippen molar-refractivity contribution in [3.8, 4) is 0 Å². The van der Waals surface area contributed by atoms with Crippen molar-refractivity contribution in [1.82, 2.24) is 5.32 Å². The Kier molecular flexibility index (Phi) is 4.72. The molecule has 1 aromatic rings. The molecule has 0 unspecified atom stereocenters. The first-order chi connectivity index (χ1) is 7.66. The van der Waals surface area contributed by atoms with Gasteiger partial charge in [-0.1, -0.05) is 18.2 Å². The molecule has 0 saturated carbocycles. The minimum Gasteiger partial charge on any atom is -0.478 e. The first-order valence-corrected chi connectivity index (χ1v) is 5.62. The molecule has 0 aliphatic carbocycles. The van der Waals surface area contributed by atoms with Crippen molar-refractivity contribution < 1.29 is 14.7 Å². The molecule has 0 atom stereocenters. The highest BCUT2D eigenvalue weighted by atomic mass is 28.1. The van der Waals surface area contributed by atoms with Crippen molar-refractivity contribution in [2.24, 2.45) is 0 Å². The van der Waals surface area contributed by atoms with E-state index in [1.54, 1.807) is 12.1 Å². The largest absolute Gasteiger partial charge is 0.478 e. The van der Waals surface area contributed by atoms with E-state index >= 15 is 0 Å². The molecular weight excluding hydrogens is 222 g/mol. The normalized spacial score (nSPS) is 9.81. The van der Waals surface area contributed by atoms with Crippen molar-refractivity contribution >= 4 is 22.1 Å². The summed E-state index contributed by atoms with van der Waals surface area (Å²) in [6.07, 6.45) is 0.803. The van der Waals surface area contributed by atoms with Crippen LogP contribution in [-0.2, 0) is 0 Å². The molecule has 0 fully saturated rings. The van der Waals surface area contributed by atoms with Gasteiger partial charge in [0.2, 0.25) is 0 Å². The third-order valence-electron chi connectivity index (χ3n) is 2.04. The number of amides is 1. The maximum atomic E-state index is 11.7. The molecule has 1 rings (SSSR count). The van der Waals surface area contributed by atoms with Crippen LogP contribution in [0.2, 0.25) is 6.04 Å². The van der Waals surface area contributed by atoms with Crippen LogP contribution < -0.4 is 5.32 Å². The number of rotatable bonds is 5. The maximum absolute atomic E-state index is 11.7. The molecule has 0 heterocycles. The van der Waals surface area contributed by atoms with Crippen LogP contribution in [0.1, 0.15) is 27.1 Å². The molecule has 0 spiro atoms. The van der Waals surface area contributed by atoms with Crippen LogP contribution in [-0.4, -0.2) is 33.8 Å². The van der Waals surface area contributed by atoms with E-state index in [9.17, 15) is 9.59 Å². The van der Waals surface area contributed by atoms with Crippen molar-refractivity contribution in [2.75, 3.05) is 6.54 Å². The van der Waals surface area contributed by atoms with E-state index in [0.717, 1.165) is 12.5 Å². The second-order valence-electron chi connectivity index (χ2n) is 3.21. The van der Waals surface area contributed by atoms with Crippen LogP contribution in [0.5, 0.6) is 0 Å². The molecule has 5 heteroatoms. The third-order valence-corrected chi connectivity index (χ3v) is 2.39. The first kappa shape index (κ1) is 12.4. The van der Waals surface area contributed by atoms with Gasteiger partial charge < -0.3 is 10.4 Å². The van der Waals surface area contributed by atoms with E-state index in [-0.39, 0.29) is 17.0 Å². The van der Waals surface area contributed by atoms with Gasteiger partial charge in [0, 0.05) is 16.8 Å². The topological polar surface area (TPSA) is 66.4 Å². The molecule has 0 aromatic heterocycles. The van der Waals surface area contributed by atoms with E-state index in [4.69, 9.17) is 5.11 Å². The molecule has 1 amide bonds. The van der Waals surface area contributed by atoms with Gasteiger partial charge >= 0.3 is 5.97 Å². The Balaban J connectivity index is 2.78. The molecule has 0 aliphatic heterocycles. The van der Waals surface area contributed by atoms with Crippen molar-refractivity contribution in [2.45, 2.75) is 12.5 Å². The van der Waals surface area contributed by atoms with E-state index in [1.165, 1.54) is 12.1 Å². The quantitative estimate of drug-likeness (QED) is 0.592. The summed E-state index contributed by atoms with van der Waals surface area (Å²) in [5.74, 6) is -1.44. The Hall–Kier alpha value is -1.62. The van der Waals surface area contributed by atoms with Gasteiger partial charge in [-0.3, -0.25) is 4.79 Å². The lowest BCUT2D eigenvalue weighted by Gasteiger charge is -2.06. The van der Waals surface area contributed by atoms with E-state index in [0.29, 0.717) is 6.54 Å². The number of hydrogen-bond acceptors (Lipinski definition) is 2. The van der Waals surface area contributed by atoms with E-state index in [2.05, 4.69) is 15.6 Å². The second kappa shape index (κ2) is 6.07. The summed E-state index contributed by atoms with van der Waals surface area (Å²) in [7, 11) is 3.29. The standard InChI is InChI=1S/C11H12NO3Si/c13-10(12-6-3-7-16)8-4-1-2-5-9(8)11(14)15/h1-2,4-5H,3,6-7H2,(H,12,13)(H,14,15). The number of carbonyl (C=O) groups is 2. The lowest BCUT2D eigenvalue weighted by molar-refractivity contribution is 0.0691. The molecule has 83 valence electrons. The third kappa shape index (κ3) is 3.20. The predicted molar refractivity (Wildman–Crippen MR) is 60.9 cm³/mol. The zero-order chi connectivity index (χ0) is 12.0. The maximum Gasteiger partial charge on any atom is 0.336 e. The van der Waals surface area contributed by atoms with Crippen molar-refractivity contribution in [1.29, 1.82) is 0 Å². The summed E-state index contributed by atoms with van der Waals surface area (Å²) in [6, 6.07) is 6.96. The van der Waals surface area contributed by atoms with E-state index < -0.39 is 5.97 Å². The van der Waals surface area contributed by atoms with Gasteiger partial charge in [-0.25, -0.2) is 4.79 Å². The fraction of sp³-hybridized carbons (Fsp3) is 0.273. The number of carboxylic acid groups (broad SMARTS) is 1. The van der Waals surface area contributed by atoms with Crippen LogP contribution in [0.15, 0.2) is 24.3 Å². The average Bonchev–Trinajstić information content (AvgIpc) is 2.29. The van der Waals surface area contributed by atoms with Crippen LogP contribution in [0, 0.1) is 0 Å². The van der Waals surface area contributed by atoms with E-state index in [1.807, 2.05) is 0 Å². The second-order valence-corrected chi connectivity index (χ2v) is 3.71. The van der Waals surface area contributed by atoms with Gasteiger partial charge in [0.15, 0.2) is 0 Å². The summed E-state index contributed by atoms with van der Waals surface area (Å²) < 4.78 is 0. The predicted octanol–water partition coefficient (Wildman–Crippen LogP) is 1.09. The Morgan fingerprint density at radius 1 is 1.25 bits per heavy atom. The highest BCUT2D eigenvalue weighted by Crippen LogP contribution is 2.08. The number of carbonyl (C=O) groups excluding carboxylic acids is 1. The molecule has 1 aromatic carbocycles.